The van der Waals surface area contributed by atoms with Crippen LogP contribution in [0.1, 0.15) is 15.9 Å². The molecule has 6 nitrogen and oxygen atoms in total. The number of pyridine rings is 1. The Bertz CT molecular complexity index is 916. The zero-order valence-corrected chi connectivity index (χ0v) is 12.2. The van der Waals surface area contributed by atoms with Crippen LogP contribution in [0.15, 0.2) is 54.7 Å². The largest absolute Gasteiger partial charge is 0.421 e. The number of fused-ring (bicyclic) bond motifs is 1. The fourth-order valence-corrected chi connectivity index (χ4v) is 2.30. The lowest BCUT2D eigenvalue weighted by molar-refractivity contribution is -0.385. The van der Waals surface area contributed by atoms with Crippen molar-refractivity contribution in [3.63, 3.8) is 0 Å². The summed E-state index contributed by atoms with van der Waals surface area (Å²) >= 11 is 0. The topological polar surface area (TPSA) is 82.3 Å². The number of nitro groups is 1. The number of aryl methyl sites for hydroxylation is 1. The van der Waals surface area contributed by atoms with E-state index < -0.39 is 10.9 Å². The molecule has 0 bridgehead atoms. The van der Waals surface area contributed by atoms with Crippen molar-refractivity contribution < 1.29 is 14.5 Å². The van der Waals surface area contributed by atoms with Crippen molar-refractivity contribution in [2.24, 2.45) is 0 Å². The van der Waals surface area contributed by atoms with Crippen molar-refractivity contribution in [1.29, 1.82) is 0 Å². The second kappa shape index (κ2) is 5.84. The molecule has 0 radical (unpaired) electrons. The van der Waals surface area contributed by atoms with E-state index in [-0.39, 0.29) is 11.3 Å². The first kappa shape index (κ1) is 14.6. The number of hydrogen-bond acceptors (Lipinski definition) is 5. The van der Waals surface area contributed by atoms with Gasteiger partial charge in [-0.3, -0.25) is 15.1 Å². The van der Waals surface area contributed by atoms with Crippen molar-refractivity contribution in [2.75, 3.05) is 0 Å². The average Bonchev–Trinajstić information content (AvgIpc) is 2.54. The molecular formula is C17H12N2O4. The van der Waals surface area contributed by atoms with Crippen LogP contribution in [0.5, 0.6) is 5.75 Å². The molecule has 3 aromatic rings. The number of hydrogen-bond donors (Lipinski definition) is 0. The number of nitro benzene ring substituents is 1. The van der Waals surface area contributed by atoms with Crippen LogP contribution in [0.25, 0.3) is 10.9 Å². The van der Waals surface area contributed by atoms with Crippen LogP contribution in [-0.4, -0.2) is 15.9 Å². The molecular weight excluding hydrogens is 296 g/mol. The molecule has 6 heteroatoms. The molecule has 0 N–H and O–H groups in total. The molecule has 114 valence electrons. The van der Waals surface area contributed by atoms with Gasteiger partial charge in [0.2, 0.25) is 0 Å². The van der Waals surface area contributed by atoms with Gasteiger partial charge in [0.15, 0.2) is 5.75 Å². The van der Waals surface area contributed by atoms with Gasteiger partial charge in [0.05, 0.1) is 10.5 Å². The highest BCUT2D eigenvalue weighted by Gasteiger charge is 2.16. The second-order valence-electron chi connectivity index (χ2n) is 4.98. The van der Waals surface area contributed by atoms with Crippen molar-refractivity contribution in [1.82, 2.24) is 4.98 Å². The number of esters is 1. The maximum absolute atomic E-state index is 12.3. The Morgan fingerprint density at radius 1 is 1.17 bits per heavy atom. The molecule has 0 atom stereocenters. The molecule has 0 amide bonds. The summed E-state index contributed by atoms with van der Waals surface area (Å²) in [6, 6.07) is 13.1. The summed E-state index contributed by atoms with van der Waals surface area (Å²) in [6.45, 7) is 1.58. The summed E-state index contributed by atoms with van der Waals surface area (Å²) in [4.78, 5) is 26.8. The van der Waals surface area contributed by atoms with Gasteiger partial charge in [-0.05, 0) is 31.2 Å². The number of benzene rings is 2. The van der Waals surface area contributed by atoms with Gasteiger partial charge in [0, 0.05) is 23.2 Å². The highest BCUT2D eigenvalue weighted by Crippen LogP contribution is 2.25. The third kappa shape index (κ3) is 2.87. The highest BCUT2D eigenvalue weighted by molar-refractivity contribution is 5.94. The molecule has 1 heterocycles. The van der Waals surface area contributed by atoms with Gasteiger partial charge in [-0.1, -0.05) is 18.2 Å². The molecule has 1 aromatic heterocycles. The number of carbonyl (C=O) groups is 1. The Morgan fingerprint density at radius 2 is 1.96 bits per heavy atom. The summed E-state index contributed by atoms with van der Waals surface area (Å²) in [5.41, 5.74) is 1.21. The standard InChI is InChI=1S/C17H12N2O4/c1-11-10-13(7-8-14(11)19(21)22)17(20)23-15-6-2-4-12-5-3-9-18-16(12)15/h2-10H,1H3. The summed E-state index contributed by atoms with van der Waals surface area (Å²) < 4.78 is 5.40. The second-order valence-corrected chi connectivity index (χ2v) is 4.98. The molecule has 0 saturated carbocycles. The van der Waals surface area contributed by atoms with Crippen molar-refractivity contribution >= 4 is 22.6 Å². The number of carbonyl (C=O) groups excluding carboxylic acids is 1. The van der Waals surface area contributed by atoms with Crippen LogP contribution >= 0.6 is 0 Å². The van der Waals surface area contributed by atoms with E-state index in [0.29, 0.717) is 16.8 Å². The third-order valence-electron chi connectivity index (χ3n) is 3.43. The number of rotatable bonds is 3. The fourth-order valence-electron chi connectivity index (χ4n) is 2.30. The number of para-hydroxylation sites is 1. The predicted octanol–water partition coefficient (Wildman–Crippen LogP) is 3.67. The van der Waals surface area contributed by atoms with Gasteiger partial charge < -0.3 is 4.74 Å². The molecule has 2 aromatic carbocycles. The molecule has 0 fully saturated rings. The normalized spacial score (nSPS) is 10.5. The molecule has 0 unspecified atom stereocenters. The first-order valence-electron chi connectivity index (χ1n) is 6.87. The molecule has 0 aliphatic carbocycles. The van der Waals surface area contributed by atoms with E-state index in [4.69, 9.17) is 4.74 Å². The van der Waals surface area contributed by atoms with Crippen molar-refractivity contribution in [2.45, 2.75) is 6.92 Å². The predicted molar refractivity (Wildman–Crippen MR) is 84.5 cm³/mol. The van der Waals surface area contributed by atoms with Crippen LogP contribution in [0.3, 0.4) is 0 Å². The number of nitrogens with zero attached hydrogens (tertiary/aromatic N) is 2. The fraction of sp³-hybridized carbons (Fsp3) is 0.0588. The lowest BCUT2D eigenvalue weighted by atomic mass is 10.1. The van der Waals surface area contributed by atoms with Crippen molar-refractivity contribution in [3.8, 4) is 5.75 Å². The first-order valence-corrected chi connectivity index (χ1v) is 6.87. The molecule has 0 spiro atoms. The molecule has 0 saturated heterocycles. The van der Waals surface area contributed by atoms with E-state index in [0.717, 1.165) is 5.39 Å². The molecule has 3 rings (SSSR count). The number of aromatic nitrogens is 1. The van der Waals surface area contributed by atoms with Crippen LogP contribution in [0, 0.1) is 17.0 Å². The van der Waals surface area contributed by atoms with Crippen LogP contribution < -0.4 is 4.74 Å². The summed E-state index contributed by atoms with van der Waals surface area (Å²) in [7, 11) is 0. The Kier molecular flexibility index (Phi) is 3.72. The minimum Gasteiger partial charge on any atom is -0.421 e. The van der Waals surface area contributed by atoms with Gasteiger partial charge in [0.25, 0.3) is 5.69 Å². The van der Waals surface area contributed by atoms with Gasteiger partial charge in [-0.25, -0.2) is 4.79 Å². The van der Waals surface area contributed by atoms with Crippen LogP contribution in [-0.2, 0) is 0 Å². The lowest BCUT2D eigenvalue weighted by Crippen LogP contribution is -2.09. The van der Waals surface area contributed by atoms with E-state index in [1.54, 1.807) is 31.3 Å². The maximum atomic E-state index is 12.3. The van der Waals surface area contributed by atoms with E-state index in [1.807, 2.05) is 12.1 Å². The van der Waals surface area contributed by atoms with E-state index in [1.165, 1.54) is 18.2 Å². The minimum atomic E-state index is -0.582. The Balaban J connectivity index is 1.92. The lowest BCUT2D eigenvalue weighted by Gasteiger charge is -2.07. The molecule has 0 aliphatic heterocycles. The maximum Gasteiger partial charge on any atom is 0.343 e. The Labute approximate surface area is 131 Å². The zero-order chi connectivity index (χ0) is 16.4. The van der Waals surface area contributed by atoms with Gasteiger partial charge in [0.1, 0.15) is 5.52 Å². The van der Waals surface area contributed by atoms with Gasteiger partial charge in [-0.2, -0.15) is 0 Å². The summed E-state index contributed by atoms with van der Waals surface area (Å²) in [5.74, 6) is -0.231. The first-order chi connectivity index (χ1) is 11.1. The molecule has 23 heavy (non-hydrogen) atoms. The molecule has 0 aliphatic rings. The zero-order valence-electron chi connectivity index (χ0n) is 12.2. The van der Waals surface area contributed by atoms with Gasteiger partial charge >= 0.3 is 5.97 Å². The average molecular weight is 308 g/mol. The van der Waals surface area contributed by atoms with Crippen molar-refractivity contribution in [3.05, 3.63) is 76.0 Å². The third-order valence-corrected chi connectivity index (χ3v) is 3.43. The smallest absolute Gasteiger partial charge is 0.343 e. The monoisotopic (exact) mass is 308 g/mol. The minimum absolute atomic E-state index is 0.0339. The summed E-state index contributed by atoms with van der Waals surface area (Å²) in [6.07, 6.45) is 1.62. The van der Waals surface area contributed by atoms with Crippen LogP contribution in [0.4, 0.5) is 5.69 Å². The van der Waals surface area contributed by atoms with E-state index >= 15 is 0 Å². The van der Waals surface area contributed by atoms with E-state index in [2.05, 4.69) is 4.98 Å². The summed E-state index contributed by atoms with van der Waals surface area (Å²) in [5, 5.41) is 11.7. The Morgan fingerprint density at radius 3 is 2.70 bits per heavy atom. The van der Waals surface area contributed by atoms with Crippen LogP contribution in [0.2, 0.25) is 0 Å². The Hall–Kier alpha value is -3.28. The highest BCUT2D eigenvalue weighted by atomic mass is 16.6. The number of ether oxygens (including phenoxy) is 1. The quantitative estimate of drug-likeness (QED) is 0.319. The van der Waals surface area contributed by atoms with Gasteiger partial charge in [-0.15, -0.1) is 0 Å². The SMILES string of the molecule is Cc1cc(C(=O)Oc2cccc3cccnc23)ccc1[N+](=O)[O-]. The van der Waals surface area contributed by atoms with E-state index in [9.17, 15) is 14.9 Å².